The lowest BCUT2D eigenvalue weighted by Gasteiger charge is -2.31. The Bertz CT molecular complexity index is 512. The Morgan fingerprint density at radius 2 is 2.06 bits per heavy atom. The summed E-state index contributed by atoms with van der Waals surface area (Å²) in [4.78, 5) is 14.3. The molecule has 0 aliphatic carbocycles. The zero-order valence-corrected chi connectivity index (χ0v) is 9.44. The molecule has 0 unspecified atom stereocenters. The fourth-order valence-corrected chi connectivity index (χ4v) is 3.08. The van der Waals surface area contributed by atoms with Crippen molar-refractivity contribution in [1.29, 1.82) is 0 Å². The highest BCUT2D eigenvalue weighted by atomic mass is 16.7. The largest absolute Gasteiger partial charge is 0.454 e. The third-order valence-electron chi connectivity index (χ3n) is 3.92. The molecule has 3 heterocycles. The summed E-state index contributed by atoms with van der Waals surface area (Å²) in [5.74, 6) is 1.64. The van der Waals surface area contributed by atoms with Crippen LogP contribution in [0.5, 0.6) is 11.5 Å². The molecule has 0 spiro atoms. The number of hydrogen-bond acceptors (Lipinski definition) is 3. The minimum Gasteiger partial charge on any atom is -0.454 e. The molecule has 4 heteroatoms. The highest BCUT2D eigenvalue weighted by Crippen LogP contribution is 2.39. The highest BCUT2D eigenvalue weighted by Gasteiger charge is 2.36. The van der Waals surface area contributed by atoms with Crippen LogP contribution in [0, 0.1) is 0 Å². The molecule has 0 saturated carbocycles. The molecule has 1 aromatic carbocycles. The quantitative estimate of drug-likeness (QED) is 0.680. The van der Waals surface area contributed by atoms with Crippen LogP contribution in [0.2, 0.25) is 0 Å². The summed E-state index contributed by atoms with van der Waals surface area (Å²) in [6.07, 6.45) is 3.20. The van der Waals surface area contributed by atoms with Gasteiger partial charge in [-0.1, -0.05) is 0 Å². The first kappa shape index (κ1) is 9.33. The standard InChI is InChI=1S/C13H13NO3/c15-13-10-6-12-11(16-7-17-12)5-8(10)4-9-2-1-3-14(9)13/h5-6,9H,1-4,7H2/t9-/m1/s1. The van der Waals surface area contributed by atoms with Crippen molar-refractivity contribution in [2.75, 3.05) is 13.3 Å². The molecule has 4 rings (SSSR count). The number of carbonyl (C=O) groups is 1. The van der Waals surface area contributed by atoms with Gasteiger partial charge in [-0.05, 0) is 37.0 Å². The summed E-state index contributed by atoms with van der Waals surface area (Å²) in [6, 6.07) is 4.22. The van der Waals surface area contributed by atoms with E-state index in [1.807, 2.05) is 17.0 Å². The zero-order valence-electron chi connectivity index (χ0n) is 9.44. The second-order valence-electron chi connectivity index (χ2n) is 4.86. The molecule has 4 nitrogen and oxygen atoms in total. The van der Waals surface area contributed by atoms with E-state index in [-0.39, 0.29) is 12.7 Å². The molecule has 0 bridgehead atoms. The van der Waals surface area contributed by atoms with Crippen molar-refractivity contribution in [3.8, 4) is 11.5 Å². The first-order valence-corrected chi connectivity index (χ1v) is 6.06. The normalized spacial score (nSPS) is 24.8. The van der Waals surface area contributed by atoms with Gasteiger partial charge in [0.15, 0.2) is 11.5 Å². The summed E-state index contributed by atoms with van der Waals surface area (Å²) in [6.45, 7) is 1.16. The topological polar surface area (TPSA) is 38.8 Å². The molecule has 3 aliphatic rings. The molecule has 1 saturated heterocycles. The van der Waals surface area contributed by atoms with E-state index in [2.05, 4.69) is 0 Å². The van der Waals surface area contributed by atoms with Crippen LogP contribution in [0.3, 0.4) is 0 Å². The Hall–Kier alpha value is -1.71. The van der Waals surface area contributed by atoms with Gasteiger partial charge >= 0.3 is 0 Å². The van der Waals surface area contributed by atoms with Crippen LogP contribution in [-0.4, -0.2) is 30.2 Å². The smallest absolute Gasteiger partial charge is 0.254 e. The predicted octanol–water partition coefficient (Wildman–Crippen LogP) is 1.58. The minimum atomic E-state index is 0.159. The van der Waals surface area contributed by atoms with Gasteiger partial charge in [0.2, 0.25) is 6.79 Å². The van der Waals surface area contributed by atoms with Gasteiger partial charge in [-0.25, -0.2) is 0 Å². The molecule has 1 aromatic rings. The molecular formula is C13H13NO3. The van der Waals surface area contributed by atoms with Crippen LogP contribution in [-0.2, 0) is 6.42 Å². The second-order valence-corrected chi connectivity index (χ2v) is 4.86. The first-order chi connectivity index (χ1) is 8.33. The van der Waals surface area contributed by atoms with Crippen LogP contribution >= 0.6 is 0 Å². The maximum absolute atomic E-state index is 12.3. The molecule has 0 N–H and O–H groups in total. The van der Waals surface area contributed by atoms with Gasteiger partial charge in [0.25, 0.3) is 5.91 Å². The molecule has 88 valence electrons. The van der Waals surface area contributed by atoms with Crippen molar-refractivity contribution in [2.24, 2.45) is 0 Å². The number of amides is 1. The van der Waals surface area contributed by atoms with Crippen LogP contribution < -0.4 is 9.47 Å². The summed E-state index contributed by atoms with van der Waals surface area (Å²) in [5, 5.41) is 0. The predicted molar refractivity (Wildman–Crippen MR) is 60.3 cm³/mol. The molecule has 1 fully saturated rings. The number of rotatable bonds is 0. The van der Waals surface area contributed by atoms with Gasteiger partial charge in [0.1, 0.15) is 0 Å². The second kappa shape index (κ2) is 3.15. The maximum atomic E-state index is 12.3. The first-order valence-electron chi connectivity index (χ1n) is 6.06. The van der Waals surface area contributed by atoms with Crippen molar-refractivity contribution < 1.29 is 14.3 Å². The average molecular weight is 231 g/mol. The summed E-state index contributed by atoms with van der Waals surface area (Å²) in [7, 11) is 0. The summed E-state index contributed by atoms with van der Waals surface area (Å²) in [5.41, 5.74) is 1.91. The van der Waals surface area contributed by atoms with E-state index in [0.29, 0.717) is 11.8 Å². The Morgan fingerprint density at radius 1 is 1.24 bits per heavy atom. The Morgan fingerprint density at radius 3 is 2.94 bits per heavy atom. The lowest BCUT2D eigenvalue weighted by atomic mass is 9.93. The lowest BCUT2D eigenvalue weighted by Crippen LogP contribution is -2.41. The van der Waals surface area contributed by atoms with Crippen molar-refractivity contribution in [3.05, 3.63) is 23.3 Å². The molecule has 3 aliphatic heterocycles. The highest BCUT2D eigenvalue weighted by molar-refractivity contribution is 5.98. The third-order valence-corrected chi connectivity index (χ3v) is 3.92. The molecule has 17 heavy (non-hydrogen) atoms. The van der Waals surface area contributed by atoms with E-state index in [9.17, 15) is 4.79 Å². The van der Waals surface area contributed by atoms with Crippen LogP contribution in [0.1, 0.15) is 28.8 Å². The number of fused-ring (bicyclic) bond motifs is 3. The zero-order chi connectivity index (χ0) is 11.4. The monoisotopic (exact) mass is 231 g/mol. The van der Waals surface area contributed by atoms with Gasteiger partial charge in [-0.3, -0.25) is 4.79 Å². The molecule has 0 radical (unpaired) electrons. The van der Waals surface area contributed by atoms with Crippen molar-refractivity contribution in [3.63, 3.8) is 0 Å². The summed E-state index contributed by atoms with van der Waals surface area (Å²) >= 11 is 0. The Balaban J connectivity index is 1.84. The summed E-state index contributed by atoms with van der Waals surface area (Å²) < 4.78 is 10.7. The van der Waals surface area contributed by atoms with Crippen molar-refractivity contribution in [2.45, 2.75) is 25.3 Å². The van der Waals surface area contributed by atoms with Gasteiger partial charge in [-0.15, -0.1) is 0 Å². The fraction of sp³-hybridized carbons (Fsp3) is 0.462. The number of hydrogen-bond donors (Lipinski definition) is 0. The van der Waals surface area contributed by atoms with E-state index in [1.165, 1.54) is 0 Å². The van der Waals surface area contributed by atoms with Crippen LogP contribution in [0.4, 0.5) is 0 Å². The lowest BCUT2D eigenvalue weighted by molar-refractivity contribution is 0.0714. The molecular weight excluding hydrogens is 218 g/mol. The molecule has 1 amide bonds. The number of carbonyl (C=O) groups excluding carboxylic acids is 1. The SMILES string of the molecule is O=C1c2cc3c(cc2C[C@H]2CCCN12)OCO3. The van der Waals surface area contributed by atoms with E-state index < -0.39 is 0 Å². The van der Waals surface area contributed by atoms with E-state index in [1.54, 1.807) is 0 Å². The van der Waals surface area contributed by atoms with Crippen LogP contribution in [0.15, 0.2) is 12.1 Å². The van der Waals surface area contributed by atoms with E-state index in [4.69, 9.17) is 9.47 Å². The van der Waals surface area contributed by atoms with Crippen molar-refractivity contribution >= 4 is 5.91 Å². The van der Waals surface area contributed by atoms with Gasteiger partial charge in [-0.2, -0.15) is 0 Å². The number of ether oxygens (including phenoxy) is 2. The molecule has 1 atom stereocenters. The van der Waals surface area contributed by atoms with Crippen LogP contribution in [0.25, 0.3) is 0 Å². The van der Waals surface area contributed by atoms with Gasteiger partial charge < -0.3 is 14.4 Å². The fourth-order valence-electron chi connectivity index (χ4n) is 3.08. The van der Waals surface area contributed by atoms with E-state index >= 15 is 0 Å². The Labute approximate surface area is 99.1 Å². The minimum absolute atomic E-state index is 0.159. The van der Waals surface area contributed by atoms with E-state index in [0.717, 1.165) is 42.7 Å². The van der Waals surface area contributed by atoms with Gasteiger partial charge in [0.05, 0.1) is 0 Å². The van der Waals surface area contributed by atoms with Crippen molar-refractivity contribution in [1.82, 2.24) is 4.90 Å². The Kier molecular flexibility index (Phi) is 1.73. The van der Waals surface area contributed by atoms with Gasteiger partial charge in [0, 0.05) is 18.2 Å². The third kappa shape index (κ3) is 1.21. The maximum Gasteiger partial charge on any atom is 0.254 e. The number of nitrogens with zero attached hydrogens (tertiary/aromatic N) is 1. The number of benzene rings is 1. The molecule has 0 aromatic heterocycles. The average Bonchev–Trinajstić information content (AvgIpc) is 2.94.